The fourth-order valence-corrected chi connectivity index (χ4v) is 3.00. The molecule has 1 aliphatic carbocycles. The molecule has 2 aromatic rings. The van der Waals surface area contributed by atoms with Crippen LogP contribution in [0.1, 0.15) is 42.6 Å². The number of carbonyl (C=O) groups excluding carboxylic acids is 1. The fourth-order valence-electron chi connectivity index (χ4n) is 3.00. The van der Waals surface area contributed by atoms with Crippen LogP contribution >= 0.6 is 0 Å². The van der Waals surface area contributed by atoms with E-state index in [4.69, 9.17) is 4.74 Å². The van der Waals surface area contributed by atoms with Gasteiger partial charge in [-0.2, -0.15) is 4.98 Å². The average molecular weight is 327 g/mol. The molecule has 0 aliphatic heterocycles. The van der Waals surface area contributed by atoms with Crippen LogP contribution in [0.5, 0.6) is 5.75 Å². The third-order valence-corrected chi connectivity index (χ3v) is 4.32. The molecule has 1 aliphatic rings. The zero-order valence-corrected chi connectivity index (χ0v) is 13.7. The highest BCUT2D eigenvalue weighted by Crippen LogP contribution is 2.21. The van der Waals surface area contributed by atoms with Crippen LogP contribution in [-0.4, -0.2) is 29.0 Å². The second kappa shape index (κ2) is 7.29. The Morgan fingerprint density at radius 2 is 1.92 bits per heavy atom. The van der Waals surface area contributed by atoms with Gasteiger partial charge in [-0.1, -0.05) is 19.3 Å². The van der Waals surface area contributed by atoms with Crippen molar-refractivity contribution in [3.63, 3.8) is 0 Å². The van der Waals surface area contributed by atoms with Crippen LogP contribution < -0.4 is 15.7 Å². The van der Waals surface area contributed by atoms with E-state index in [1.165, 1.54) is 6.42 Å². The standard InChI is InChI=1S/C18H21N3O3/c1-24-14-9-7-12(8-10-14)15-11-16(21-18(23)20-15)17(22)19-13-5-3-2-4-6-13/h7-11,13H,2-6H2,1H3,(H,19,22)(H,20,21,23). The zero-order chi connectivity index (χ0) is 16.9. The summed E-state index contributed by atoms with van der Waals surface area (Å²) in [5.41, 5.74) is 0.937. The molecule has 6 heteroatoms. The molecule has 2 N–H and O–H groups in total. The summed E-state index contributed by atoms with van der Waals surface area (Å²) in [6, 6.07) is 9.00. The Labute approximate surface area is 140 Å². The Morgan fingerprint density at radius 3 is 2.58 bits per heavy atom. The van der Waals surface area contributed by atoms with Gasteiger partial charge in [-0.05, 0) is 43.2 Å². The molecule has 126 valence electrons. The van der Waals surface area contributed by atoms with Crippen LogP contribution in [0.15, 0.2) is 35.1 Å². The molecule has 0 saturated heterocycles. The Hall–Kier alpha value is -2.63. The number of nitrogens with one attached hydrogen (secondary N) is 2. The lowest BCUT2D eigenvalue weighted by Crippen LogP contribution is -2.37. The van der Waals surface area contributed by atoms with Crippen molar-refractivity contribution in [2.45, 2.75) is 38.1 Å². The minimum Gasteiger partial charge on any atom is -0.497 e. The van der Waals surface area contributed by atoms with Crippen LogP contribution in [0.25, 0.3) is 11.3 Å². The van der Waals surface area contributed by atoms with Crippen molar-refractivity contribution in [3.05, 3.63) is 46.5 Å². The highest BCUT2D eigenvalue weighted by Gasteiger charge is 2.18. The summed E-state index contributed by atoms with van der Waals surface area (Å²) in [5, 5.41) is 3.00. The molecule has 24 heavy (non-hydrogen) atoms. The summed E-state index contributed by atoms with van der Waals surface area (Å²) in [4.78, 5) is 30.7. The van der Waals surface area contributed by atoms with E-state index in [2.05, 4.69) is 15.3 Å². The van der Waals surface area contributed by atoms with Gasteiger partial charge in [-0.3, -0.25) is 4.79 Å². The SMILES string of the molecule is COc1ccc(-c2cc(C(=O)NC3CCCCC3)[nH]c(=O)n2)cc1. The summed E-state index contributed by atoms with van der Waals surface area (Å²) >= 11 is 0. The predicted molar refractivity (Wildman–Crippen MR) is 91.2 cm³/mol. The van der Waals surface area contributed by atoms with Crippen LogP contribution in [0.4, 0.5) is 0 Å². The summed E-state index contributed by atoms with van der Waals surface area (Å²) < 4.78 is 5.12. The number of hydrogen-bond donors (Lipinski definition) is 2. The second-order valence-corrected chi connectivity index (χ2v) is 6.02. The van der Waals surface area contributed by atoms with E-state index >= 15 is 0 Å². The number of ether oxygens (including phenoxy) is 1. The van der Waals surface area contributed by atoms with E-state index in [1.54, 1.807) is 25.3 Å². The van der Waals surface area contributed by atoms with E-state index in [9.17, 15) is 9.59 Å². The summed E-state index contributed by atoms with van der Waals surface area (Å²) in [6.45, 7) is 0. The molecule has 1 heterocycles. The predicted octanol–water partition coefficient (Wildman–Crippen LogP) is 2.51. The van der Waals surface area contributed by atoms with Gasteiger partial charge in [0.25, 0.3) is 5.91 Å². The Morgan fingerprint density at radius 1 is 1.21 bits per heavy atom. The molecule has 0 radical (unpaired) electrons. The van der Waals surface area contributed by atoms with Crippen molar-refractivity contribution >= 4 is 5.91 Å². The van der Waals surface area contributed by atoms with Crippen molar-refractivity contribution in [3.8, 4) is 17.0 Å². The Kier molecular flexibility index (Phi) is 4.93. The van der Waals surface area contributed by atoms with E-state index in [-0.39, 0.29) is 17.6 Å². The third kappa shape index (κ3) is 3.82. The van der Waals surface area contributed by atoms with Gasteiger partial charge in [0.1, 0.15) is 11.4 Å². The molecular formula is C18H21N3O3. The van der Waals surface area contributed by atoms with Gasteiger partial charge in [-0.15, -0.1) is 0 Å². The molecule has 6 nitrogen and oxygen atoms in total. The maximum absolute atomic E-state index is 12.4. The molecule has 0 atom stereocenters. The lowest BCUT2D eigenvalue weighted by Gasteiger charge is -2.22. The number of methoxy groups -OCH3 is 1. The monoisotopic (exact) mass is 327 g/mol. The number of H-pyrrole nitrogens is 1. The zero-order valence-electron chi connectivity index (χ0n) is 13.7. The van der Waals surface area contributed by atoms with E-state index in [0.29, 0.717) is 5.69 Å². The first kappa shape index (κ1) is 16.2. The molecule has 1 fully saturated rings. The summed E-state index contributed by atoms with van der Waals surface area (Å²) in [6.07, 6.45) is 5.47. The highest BCUT2D eigenvalue weighted by molar-refractivity contribution is 5.93. The van der Waals surface area contributed by atoms with Crippen molar-refractivity contribution in [1.82, 2.24) is 15.3 Å². The van der Waals surface area contributed by atoms with Crippen LogP contribution in [0.2, 0.25) is 0 Å². The van der Waals surface area contributed by atoms with Gasteiger partial charge in [0.05, 0.1) is 12.8 Å². The first-order valence-corrected chi connectivity index (χ1v) is 8.22. The Bertz CT molecular complexity index is 762. The highest BCUT2D eigenvalue weighted by atomic mass is 16.5. The van der Waals surface area contributed by atoms with Gasteiger partial charge < -0.3 is 15.0 Å². The van der Waals surface area contributed by atoms with Crippen molar-refractivity contribution in [2.75, 3.05) is 7.11 Å². The minimum absolute atomic E-state index is 0.187. The van der Waals surface area contributed by atoms with E-state index in [1.807, 2.05) is 12.1 Å². The largest absolute Gasteiger partial charge is 0.497 e. The molecule has 0 bridgehead atoms. The topological polar surface area (TPSA) is 84.1 Å². The van der Waals surface area contributed by atoms with Crippen molar-refractivity contribution in [2.24, 2.45) is 0 Å². The second-order valence-electron chi connectivity index (χ2n) is 6.02. The lowest BCUT2D eigenvalue weighted by atomic mass is 9.95. The summed E-state index contributed by atoms with van der Waals surface area (Å²) in [7, 11) is 1.59. The van der Waals surface area contributed by atoms with E-state index in [0.717, 1.165) is 37.0 Å². The minimum atomic E-state index is -0.530. The quantitative estimate of drug-likeness (QED) is 0.904. The van der Waals surface area contributed by atoms with Crippen LogP contribution in [0, 0.1) is 0 Å². The molecule has 3 rings (SSSR count). The van der Waals surface area contributed by atoms with Crippen molar-refractivity contribution < 1.29 is 9.53 Å². The number of aromatic nitrogens is 2. The van der Waals surface area contributed by atoms with Gasteiger partial charge in [0.2, 0.25) is 0 Å². The molecular weight excluding hydrogens is 306 g/mol. The molecule has 1 aromatic carbocycles. The number of amides is 1. The number of nitrogens with zero attached hydrogens (tertiary/aromatic N) is 1. The fraction of sp³-hybridized carbons (Fsp3) is 0.389. The number of carbonyl (C=O) groups is 1. The van der Waals surface area contributed by atoms with Crippen LogP contribution in [-0.2, 0) is 0 Å². The lowest BCUT2D eigenvalue weighted by molar-refractivity contribution is 0.0922. The number of rotatable bonds is 4. The van der Waals surface area contributed by atoms with Gasteiger partial charge in [0.15, 0.2) is 0 Å². The van der Waals surface area contributed by atoms with Crippen LogP contribution in [0.3, 0.4) is 0 Å². The molecule has 1 amide bonds. The van der Waals surface area contributed by atoms with E-state index < -0.39 is 5.69 Å². The number of hydrogen-bond acceptors (Lipinski definition) is 4. The number of aromatic amines is 1. The smallest absolute Gasteiger partial charge is 0.346 e. The maximum Gasteiger partial charge on any atom is 0.346 e. The molecule has 1 aromatic heterocycles. The molecule has 1 saturated carbocycles. The Balaban J connectivity index is 1.82. The molecule has 0 unspecified atom stereocenters. The van der Waals surface area contributed by atoms with Gasteiger partial charge in [-0.25, -0.2) is 4.79 Å². The normalized spacial score (nSPS) is 15.0. The van der Waals surface area contributed by atoms with Crippen molar-refractivity contribution in [1.29, 1.82) is 0 Å². The molecule has 0 spiro atoms. The first-order valence-electron chi connectivity index (χ1n) is 8.22. The number of benzene rings is 1. The van der Waals surface area contributed by atoms with Gasteiger partial charge in [0, 0.05) is 11.6 Å². The average Bonchev–Trinajstić information content (AvgIpc) is 2.62. The summed E-state index contributed by atoms with van der Waals surface area (Å²) in [5.74, 6) is 0.468. The van der Waals surface area contributed by atoms with Gasteiger partial charge >= 0.3 is 5.69 Å². The first-order chi connectivity index (χ1) is 11.7. The third-order valence-electron chi connectivity index (χ3n) is 4.32. The maximum atomic E-state index is 12.4.